The minimum atomic E-state index is 0. The zero-order chi connectivity index (χ0) is 14.0. The van der Waals surface area contributed by atoms with E-state index in [0.29, 0.717) is 18.1 Å². The zero-order valence-electron chi connectivity index (χ0n) is 13.2. The van der Waals surface area contributed by atoms with Crippen molar-refractivity contribution >= 4 is 29.9 Å². The van der Waals surface area contributed by atoms with Crippen LogP contribution in [0.15, 0.2) is 4.99 Å². The normalized spacial score (nSPS) is 21.8. The van der Waals surface area contributed by atoms with Crippen molar-refractivity contribution in [3.63, 3.8) is 0 Å². The number of halogens is 1. The first-order chi connectivity index (χ1) is 9.84. The van der Waals surface area contributed by atoms with E-state index in [0.717, 1.165) is 19.6 Å². The Kier molecular flexibility index (Phi) is 10.4. The predicted octanol–water partition coefficient (Wildman–Crippen LogP) is 3.58. The van der Waals surface area contributed by atoms with Crippen molar-refractivity contribution in [2.75, 3.05) is 13.2 Å². The molecule has 0 amide bonds. The van der Waals surface area contributed by atoms with E-state index in [4.69, 9.17) is 10.5 Å². The SMILES string of the molecule is I.NC(=NCCCOC1CCCCC1)NC1CCCCC1. The van der Waals surface area contributed by atoms with E-state index < -0.39 is 0 Å². The maximum Gasteiger partial charge on any atom is 0.188 e. The standard InChI is InChI=1S/C16H31N3O.HI/c17-16(19-14-8-3-1-4-9-14)18-12-7-13-20-15-10-5-2-6-11-15;/h14-15H,1-13H2,(H3,17,18,19);1H. The van der Waals surface area contributed by atoms with Crippen LogP contribution in [0.3, 0.4) is 0 Å². The molecule has 0 spiro atoms. The molecule has 0 radical (unpaired) electrons. The van der Waals surface area contributed by atoms with Crippen molar-refractivity contribution < 1.29 is 4.74 Å². The number of guanidine groups is 1. The Morgan fingerprint density at radius 2 is 1.62 bits per heavy atom. The maximum absolute atomic E-state index is 5.93. The molecule has 0 atom stereocenters. The number of hydrogen-bond donors (Lipinski definition) is 2. The van der Waals surface area contributed by atoms with Gasteiger partial charge in [-0.3, -0.25) is 4.99 Å². The van der Waals surface area contributed by atoms with Crippen LogP contribution in [0, 0.1) is 0 Å². The van der Waals surface area contributed by atoms with Crippen LogP contribution in [0.2, 0.25) is 0 Å². The largest absolute Gasteiger partial charge is 0.378 e. The second kappa shape index (κ2) is 11.5. The molecule has 2 fully saturated rings. The van der Waals surface area contributed by atoms with E-state index in [1.807, 2.05) is 0 Å². The molecule has 0 heterocycles. The molecule has 0 aromatic carbocycles. The summed E-state index contributed by atoms with van der Waals surface area (Å²) < 4.78 is 5.88. The molecule has 0 aliphatic heterocycles. The Hall–Kier alpha value is -0.0400. The van der Waals surface area contributed by atoms with E-state index in [9.17, 15) is 0 Å². The Bertz CT molecular complexity index is 287. The fourth-order valence-electron chi connectivity index (χ4n) is 3.25. The van der Waals surface area contributed by atoms with Gasteiger partial charge in [0.1, 0.15) is 0 Å². The summed E-state index contributed by atoms with van der Waals surface area (Å²) in [6.07, 6.45) is 14.5. The van der Waals surface area contributed by atoms with E-state index in [1.165, 1.54) is 64.2 Å². The van der Waals surface area contributed by atoms with E-state index in [1.54, 1.807) is 0 Å². The summed E-state index contributed by atoms with van der Waals surface area (Å²) in [5.41, 5.74) is 5.93. The molecule has 2 rings (SSSR count). The molecule has 124 valence electrons. The minimum Gasteiger partial charge on any atom is -0.378 e. The molecule has 0 aromatic heterocycles. The summed E-state index contributed by atoms with van der Waals surface area (Å²) in [6.45, 7) is 1.60. The molecular formula is C16H32IN3O. The fraction of sp³-hybridized carbons (Fsp3) is 0.938. The van der Waals surface area contributed by atoms with E-state index in [2.05, 4.69) is 10.3 Å². The van der Waals surface area contributed by atoms with Crippen LogP contribution in [0.5, 0.6) is 0 Å². The highest BCUT2D eigenvalue weighted by molar-refractivity contribution is 14.0. The van der Waals surface area contributed by atoms with Crippen molar-refractivity contribution in [3.8, 4) is 0 Å². The molecular weight excluding hydrogens is 377 g/mol. The first-order valence-corrected chi connectivity index (χ1v) is 8.52. The summed E-state index contributed by atoms with van der Waals surface area (Å²) in [5, 5.41) is 3.35. The molecule has 2 saturated carbocycles. The van der Waals surface area contributed by atoms with Crippen LogP contribution >= 0.6 is 24.0 Å². The van der Waals surface area contributed by atoms with Crippen molar-refractivity contribution in [1.29, 1.82) is 0 Å². The lowest BCUT2D eigenvalue weighted by atomic mass is 9.96. The quantitative estimate of drug-likeness (QED) is 0.305. The predicted molar refractivity (Wildman–Crippen MR) is 99.4 cm³/mol. The molecule has 2 aliphatic rings. The second-order valence-electron chi connectivity index (χ2n) is 6.23. The summed E-state index contributed by atoms with van der Waals surface area (Å²) >= 11 is 0. The fourth-order valence-corrected chi connectivity index (χ4v) is 3.25. The molecule has 5 heteroatoms. The van der Waals surface area contributed by atoms with Crippen LogP contribution in [0.1, 0.15) is 70.6 Å². The molecule has 21 heavy (non-hydrogen) atoms. The van der Waals surface area contributed by atoms with Gasteiger partial charge in [0.05, 0.1) is 6.10 Å². The third kappa shape index (κ3) is 8.24. The number of aliphatic imine (C=N–C) groups is 1. The van der Waals surface area contributed by atoms with Gasteiger partial charge in [-0.15, -0.1) is 24.0 Å². The zero-order valence-corrected chi connectivity index (χ0v) is 15.5. The molecule has 3 N–H and O–H groups in total. The highest BCUT2D eigenvalue weighted by Crippen LogP contribution is 2.20. The van der Waals surface area contributed by atoms with Gasteiger partial charge in [0.2, 0.25) is 0 Å². The summed E-state index contributed by atoms with van der Waals surface area (Å²) in [6, 6.07) is 0.547. The second-order valence-corrected chi connectivity index (χ2v) is 6.23. The van der Waals surface area contributed by atoms with Crippen molar-refractivity contribution in [3.05, 3.63) is 0 Å². The third-order valence-electron chi connectivity index (χ3n) is 4.45. The number of hydrogen-bond acceptors (Lipinski definition) is 2. The molecule has 2 aliphatic carbocycles. The maximum atomic E-state index is 5.93. The third-order valence-corrected chi connectivity index (χ3v) is 4.45. The van der Waals surface area contributed by atoms with Crippen LogP contribution in [0.4, 0.5) is 0 Å². The van der Waals surface area contributed by atoms with Gasteiger partial charge in [-0.25, -0.2) is 0 Å². The van der Waals surface area contributed by atoms with Gasteiger partial charge in [0, 0.05) is 19.2 Å². The topological polar surface area (TPSA) is 59.6 Å². The van der Waals surface area contributed by atoms with Gasteiger partial charge in [0.25, 0.3) is 0 Å². The highest BCUT2D eigenvalue weighted by atomic mass is 127. The Morgan fingerprint density at radius 3 is 2.29 bits per heavy atom. The number of nitrogens with one attached hydrogen (secondary N) is 1. The van der Waals surface area contributed by atoms with E-state index in [-0.39, 0.29) is 24.0 Å². The van der Waals surface area contributed by atoms with Crippen LogP contribution < -0.4 is 11.1 Å². The minimum absolute atomic E-state index is 0. The number of rotatable bonds is 6. The Morgan fingerprint density at radius 1 is 1.00 bits per heavy atom. The number of ether oxygens (including phenoxy) is 1. The van der Waals surface area contributed by atoms with Crippen LogP contribution in [0.25, 0.3) is 0 Å². The lowest BCUT2D eigenvalue weighted by Crippen LogP contribution is -2.41. The van der Waals surface area contributed by atoms with Gasteiger partial charge in [-0.1, -0.05) is 38.5 Å². The molecule has 4 nitrogen and oxygen atoms in total. The first kappa shape index (κ1) is 19.0. The molecule has 0 bridgehead atoms. The van der Waals surface area contributed by atoms with Crippen LogP contribution in [-0.4, -0.2) is 31.3 Å². The number of nitrogens with two attached hydrogens (primary N) is 1. The average molecular weight is 409 g/mol. The van der Waals surface area contributed by atoms with Crippen molar-refractivity contribution in [1.82, 2.24) is 5.32 Å². The van der Waals surface area contributed by atoms with Crippen LogP contribution in [-0.2, 0) is 4.74 Å². The summed E-state index contributed by atoms with van der Waals surface area (Å²) in [5.74, 6) is 0.620. The van der Waals surface area contributed by atoms with Gasteiger partial charge >= 0.3 is 0 Å². The monoisotopic (exact) mass is 409 g/mol. The summed E-state index contributed by atoms with van der Waals surface area (Å²) in [7, 11) is 0. The highest BCUT2D eigenvalue weighted by Gasteiger charge is 2.14. The Labute approximate surface area is 146 Å². The Balaban J connectivity index is 0.00000220. The first-order valence-electron chi connectivity index (χ1n) is 8.52. The lowest BCUT2D eigenvalue weighted by Gasteiger charge is -2.23. The van der Waals surface area contributed by atoms with Gasteiger partial charge < -0.3 is 15.8 Å². The van der Waals surface area contributed by atoms with Gasteiger partial charge in [-0.2, -0.15) is 0 Å². The smallest absolute Gasteiger partial charge is 0.188 e. The van der Waals surface area contributed by atoms with E-state index >= 15 is 0 Å². The van der Waals surface area contributed by atoms with Crippen molar-refractivity contribution in [2.24, 2.45) is 10.7 Å². The molecule has 0 saturated heterocycles. The van der Waals surface area contributed by atoms with Gasteiger partial charge in [0.15, 0.2) is 5.96 Å². The molecule has 0 aromatic rings. The lowest BCUT2D eigenvalue weighted by molar-refractivity contribution is 0.0281. The van der Waals surface area contributed by atoms with Gasteiger partial charge in [-0.05, 0) is 32.1 Å². The molecule has 0 unspecified atom stereocenters. The number of nitrogens with zero attached hydrogens (tertiary/aromatic N) is 1. The summed E-state index contributed by atoms with van der Waals surface area (Å²) in [4.78, 5) is 4.40. The average Bonchev–Trinajstić information content (AvgIpc) is 2.49. The van der Waals surface area contributed by atoms with Crippen molar-refractivity contribution in [2.45, 2.75) is 82.8 Å².